The molecule has 176 valence electrons. The number of halogens is 5. The largest absolute Gasteiger partial charge is 0.362 e. The average molecular weight is 547 g/mol. The van der Waals surface area contributed by atoms with Crippen molar-refractivity contribution in [1.82, 2.24) is 9.88 Å². The molecule has 13 heteroatoms. The maximum absolute atomic E-state index is 13.8. The number of H-pyrrole nitrogens is 1. The molecule has 2 heterocycles. The fourth-order valence-corrected chi connectivity index (χ4v) is 5.20. The minimum Gasteiger partial charge on any atom is -0.330 e. The Morgan fingerprint density at radius 1 is 1.12 bits per heavy atom. The number of pyridine rings is 1. The summed E-state index contributed by atoms with van der Waals surface area (Å²) >= 11 is 18.3. The van der Waals surface area contributed by atoms with Crippen LogP contribution in [-0.2, 0) is 18.5 Å². The van der Waals surface area contributed by atoms with Gasteiger partial charge in [0.1, 0.15) is 11.3 Å². The molecule has 1 aliphatic rings. The third-order valence-corrected chi connectivity index (χ3v) is 7.30. The zero-order valence-corrected chi connectivity index (χ0v) is 19.9. The molecule has 0 aliphatic carbocycles. The smallest absolute Gasteiger partial charge is 0.330 e. The highest BCUT2D eigenvalue weighted by Gasteiger charge is 2.34. The number of aromatic nitrogens is 1. The molecule has 0 saturated heterocycles. The van der Waals surface area contributed by atoms with E-state index < -0.39 is 33.0 Å². The molecule has 1 N–H and O–H groups in total. The number of hydrogen-bond donors (Lipinski definition) is 1. The van der Waals surface area contributed by atoms with Gasteiger partial charge in [-0.05, 0) is 40.9 Å². The van der Waals surface area contributed by atoms with Gasteiger partial charge in [0.15, 0.2) is 0 Å². The molecule has 0 bridgehead atoms. The number of hydrogen-bond acceptors (Lipinski definition) is 5. The second kappa shape index (κ2) is 9.18. The van der Waals surface area contributed by atoms with Crippen molar-refractivity contribution in [3.8, 4) is 0 Å². The molecule has 1 aromatic heterocycles. The van der Waals surface area contributed by atoms with Gasteiger partial charge in [0.25, 0.3) is 17.2 Å². The molecule has 34 heavy (non-hydrogen) atoms. The van der Waals surface area contributed by atoms with Crippen LogP contribution in [0.4, 0.5) is 14.5 Å². The molecule has 4 rings (SSSR count). The number of fused-ring (bicyclic) bond motifs is 1. The topological polar surface area (TPSA) is 96.3 Å². The van der Waals surface area contributed by atoms with Gasteiger partial charge in [0.2, 0.25) is 0 Å². The van der Waals surface area contributed by atoms with E-state index in [0.29, 0.717) is 11.1 Å². The normalized spacial score (nSPS) is 13.1. The lowest BCUT2D eigenvalue weighted by atomic mass is 10.1. The molecular formula is C21H12Cl3F2N3O4S. The Morgan fingerprint density at radius 3 is 2.38 bits per heavy atom. The van der Waals surface area contributed by atoms with Crippen LogP contribution in [0.2, 0.25) is 10.0 Å². The zero-order valence-electron chi connectivity index (χ0n) is 16.8. The van der Waals surface area contributed by atoms with Gasteiger partial charge in [-0.3, -0.25) is 19.7 Å². The standard InChI is InChI=1S/C21H12Cl3F2N3O4S/c22-13-2-1-3-14(23)18(13)34-15-7-16(21(24,25)26)27-19(30)17(15)20(31)28-8-10-4-5-12(29(32)33)6-11(10)9-28/h1-7H,8-9H2,(H,27,30). The maximum atomic E-state index is 13.8. The van der Waals surface area contributed by atoms with Gasteiger partial charge in [-0.2, -0.15) is 8.78 Å². The van der Waals surface area contributed by atoms with Crippen LogP contribution in [0, 0.1) is 10.1 Å². The van der Waals surface area contributed by atoms with E-state index in [2.05, 4.69) is 0 Å². The van der Waals surface area contributed by atoms with Crippen LogP contribution in [-0.4, -0.2) is 20.7 Å². The van der Waals surface area contributed by atoms with Gasteiger partial charge in [-0.25, -0.2) is 0 Å². The summed E-state index contributed by atoms with van der Waals surface area (Å²) < 4.78 is 27.6. The number of aromatic amines is 1. The van der Waals surface area contributed by atoms with Crippen molar-refractivity contribution < 1.29 is 18.5 Å². The number of nitrogens with one attached hydrogen (secondary N) is 1. The monoisotopic (exact) mass is 545 g/mol. The summed E-state index contributed by atoms with van der Waals surface area (Å²) in [6.45, 7) is 0.0790. The van der Waals surface area contributed by atoms with Crippen molar-refractivity contribution in [2.24, 2.45) is 0 Å². The highest BCUT2D eigenvalue weighted by atomic mass is 35.5. The molecular weight excluding hydrogens is 535 g/mol. The van der Waals surface area contributed by atoms with Gasteiger partial charge in [-0.15, -0.1) is 0 Å². The summed E-state index contributed by atoms with van der Waals surface area (Å²) in [6.07, 6.45) is 0. The van der Waals surface area contributed by atoms with Gasteiger partial charge >= 0.3 is 5.38 Å². The zero-order chi connectivity index (χ0) is 24.8. The Bertz CT molecular complexity index is 1370. The van der Waals surface area contributed by atoms with Crippen molar-refractivity contribution in [1.29, 1.82) is 0 Å². The van der Waals surface area contributed by atoms with Gasteiger partial charge in [-0.1, -0.05) is 47.1 Å². The predicted molar refractivity (Wildman–Crippen MR) is 124 cm³/mol. The van der Waals surface area contributed by atoms with E-state index in [1.807, 2.05) is 4.98 Å². The molecule has 2 aromatic carbocycles. The fourth-order valence-electron chi connectivity index (χ4n) is 3.46. The molecule has 0 fully saturated rings. The molecule has 0 unspecified atom stereocenters. The first kappa shape index (κ1) is 24.5. The van der Waals surface area contributed by atoms with E-state index in [-0.39, 0.29) is 38.6 Å². The Hall–Kier alpha value is -2.66. The van der Waals surface area contributed by atoms with E-state index in [0.717, 1.165) is 17.8 Å². The molecule has 7 nitrogen and oxygen atoms in total. The fraction of sp³-hybridized carbons (Fsp3) is 0.143. The van der Waals surface area contributed by atoms with Crippen LogP contribution in [0.15, 0.2) is 57.1 Å². The van der Waals surface area contributed by atoms with E-state index >= 15 is 0 Å². The lowest BCUT2D eigenvalue weighted by Gasteiger charge is -2.19. The molecule has 3 aromatic rings. The van der Waals surface area contributed by atoms with Crippen LogP contribution in [0.1, 0.15) is 27.2 Å². The molecule has 0 saturated carbocycles. The number of non-ortho nitro benzene ring substituents is 1. The summed E-state index contributed by atoms with van der Waals surface area (Å²) in [5.41, 5.74) is -1.30. The van der Waals surface area contributed by atoms with E-state index in [4.69, 9.17) is 34.8 Å². The highest BCUT2D eigenvalue weighted by Crippen LogP contribution is 2.41. The SMILES string of the molecule is O=C(c1c(Sc2c(Cl)cccc2Cl)cc(C(F)(F)Cl)[nH]c1=O)N1Cc2ccc([N+](=O)[O-])cc2C1. The van der Waals surface area contributed by atoms with Crippen molar-refractivity contribution in [2.45, 2.75) is 28.3 Å². The number of amides is 1. The number of rotatable bonds is 5. The summed E-state index contributed by atoms with van der Waals surface area (Å²) in [4.78, 5) is 40.1. The second-order valence-electron chi connectivity index (χ2n) is 7.27. The van der Waals surface area contributed by atoms with E-state index in [1.54, 1.807) is 6.07 Å². The van der Waals surface area contributed by atoms with Crippen LogP contribution in [0.5, 0.6) is 0 Å². The molecule has 0 radical (unpaired) electrons. The number of carbonyl (C=O) groups is 1. The highest BCUT2D eigenvalue weighted by molar-refractivity contribution is 7.99. The van der Waals surface area contributed by atoms with Crippen LogP contribution in [0.3, 0.4) is 0 Å². The summed E-state index contributed by atoms with van der Waals surface area (Å²) in [5.74, 6) is -0.754. The van der Waals surface area contributed by atoms with Crippen LogP contribution < -0.4 is 5.56 Å². The lowest BCUT2D eigenvalue weighted by molar-refractivity contribution is -0.384. The van der Waals surface area contributed by atoms with Crippen molar-refractivity contribution in [3.63, 3.8) is 0 Å². The number of nitrogens with zero attached hydrogens (tertiary/aromatic N) is 2. The third-order valence-electron chi connectivity index (χ3n) is 5.06. The summed E-state index contributed by atoms with van der Waals surface area (Å²) in [5, 5.41) is 7.53. The Kier molecular flexibility index (Phi) is 6.61. The Labute approximate surface area is 209 Å². The maximum Gasteiger partial charge on any atom is 0.362 e. The summed E-state index contributed by atoms with van der Waals surface area (Å²) in [6, 6.07) is 9.72. The Balaban J connectivity index is 1.77. The van der Waals surface area contributed by atoms with E-state index in [9.17, 15) is 28.5 Å². The number of alkyl halides is 3. The molecule has 1 amide bonds. The molecule has 0 atom stereocenters. The molecule has 1 aliphatic heterocycles. The number of carbonyl (C=O) groups excluding carboxylic acids is 1. The van der Waals surface area contributed by atoms with Crippen LogP contribution in [0.25, 0.3) is 0 Å². The average Bonchev–Trinajstić information content (AvgIpc) is 3.18. The van der Waals surface area contributed by atoms with Gasteiger partial charge < -0.3 is 9.88 Å². The minimum absolute atomic E-state index is 0.000337. The quantitative estimate of drug-likeness (QED) is 0.234. The molecule has 0 spiro atoms. The first-order chi connectivity index (χ1) is 16.0. The third kappa shape index (κ3) is 4.76. The van der Waals surface area contributed by atoms with Gasteiger partial charge in [0.05, 0.1) is 15.0 Å². The van der Waals surface area contributed by atoms with Crippen molar-refractivity contribution in [2.75, 3.05) is 0 Å². The Morgan fingerprint density at radius 2 is 1.76 bits per heavy atom. The van der Waals surface area contributed by atoms with Gasteiger partial charge in [0, 0.05) is 35.0 Å². The first-order valence-electron chi connectivity index (χ1n) is 9.47. The number of nitro groups is 1. The summed E-state index contributed by atoms with van der Waals surface area (Å²) in [7, 11) is 0. The lowest BCUT2D eigenvalue weighted by Crippen LogP contribution is -2.32. The minimum atomic E-state index is -3.90. The number of benzene rings is 2. The van der Waals surface area contributed by atoms with E-state index in [1.165, 1.54) is 35.2 Å². The van der Waals surface area contributed by atoms with Crippen molar-refractivity contribution >= 4 is 58.2 Å². The van der Waals surface area contributed by atoms with Crippen LogP contribution >= 0.6 is 46.6 Å². The first-order valence-corrected chi connectivity index (χ1v) is 11.4. The second-order valence-corrected chi connectivity index (χ2v) is 9.61. The van der Waals surface area contributed by atoms with Crippen molar-refractivity contribution in [3.05, 3.63) is 95.4 Å². The predicted octanol–water partition coefficient (Wildman–Crippen LogP) is 6.19. The number of nitro benzene ring substituents is 1.